The second-order valence-corrected chi connectivity index (χ2v) is 9.35. The van der Waals surface area contributed by atoms with Crippen molar-refractivity contribution in [1.82, 2.24) is 0 Å². The molecule has 4 bridgehead atoms. The van der Waals surface area contributed by atoms with Crippen molar-refractivity contribution >= 4 is 17.9 Å². The summed E-state index contributed by atoms with van der Waals surface area (Å²) in [7, 11) is 1.31. The first-order valence-electron chi connectivity index (χ1n) is 10.7. The zero-order valence-corrected chi connectivity index (χ0v) is 18.5. The van der Waals surface area contributed by atoms with Crippen molar-refractivity contribution in [2.24, 2.45) is 5.92 Å². The van der Waals surface area contributed by atoms with Gasteiger partial charge < -0.3 is 28.1 Å². The van der Waals surface area contributed by atoms with E-state index in [4.69, 9.17) is 28.1 Å². The first-order valence-corrected chi connectivity index (χ1v) is 10.7. The van der Waals surface area contributed by atoms with Crippen molar-refractivity contribution in [3.63, 3.8) is 0 Å². The van der Waals surface area contributed by atoms with Gasteiger partial charge >= 0.3 is 17.9 Å². The number of esters is 3. The summed E-state index contributed by atoms with van der Waals surface area (Å²) in [5.41, 5.74) is -0.859. The maximum atomic E-state index is 12.9. The van der Waals surface area contributed by atoms with E-state index in [1.165, 1.54) is 14.0 Å². The van der Waals surface area contributed by atoms with Gasteiger partial charge in [-0.1, -0.05) is 12.2 Å². The summed E-state index contributed by atoms with van der Waals surface area (Å²) in [6.07, 6.45) is -1.33. The van der Waals surface area contributed by atoms with Crippen LogP contribution in [0.5, 0.6) is 0 Å². The third-order valence-corrected chi connectivity index (χ3v) is 7.00. The largest absolute Gasteiger partial charge is 0.465 e. The van der Waals surface area contributed by atoms with Crippen LogP contribution < -0.4 is 0 Å². The van der Waals surface area contributed by atoms with Crippen LogP contribution in [-0.2, 0) is 39.7 Å². The Morgan fingerprint density at radius 2 is 2.00 bits per heavy atom. The van der Waals surface area contributed by atoms with Crippen LogP contribution in [0.15, 0.2) is 22.6 Å². The highest BCUT2D eigenvalue weighted by molar-refractivity contribution is 5.91. The molecule has 0 aliphatic carbocycles. The van der Waals surface area contributed by atoms with Gasteiger partial charge in [0.1, 0.15) is 47.1 Å². The molecule has 1 aromatic rings. The van der Waals surface area contributed by atoms with Crippen LogP contribution in [0.3, 0.4) is 0 Å². The zero-order valence-electron chi connectivity index (χ0n) is 18.5. The fourth-order valence-electron chi connectivity index (χ4n) is 5.14. The lowest BCUT2D eigenvalue weighted by Gasteiger charge is -2.26. The average Bonchev–Trinajstić information content (AvgIpc) is 3.54. The number of fused-ring (bicyclic) bond motifs is 4. The molecule has 0 spiro atoms. The van der Waals surface area contributed by atoms with E-state index in [2.05, 4.69) is 6.58 Å². The summed E-state index contributed by atoms with van der Waals surface area (Å²) in [6, 6.07) is 1.65. The summed E-state index contributed by atoms with van der Waals surface area (Å²) in [4.78, 5) is 37.2. The fourth-order valence-corrected chi connectivity index (χ4v) is 5.14. The van der Waals surface area contributed by atoms with Crippen molar-refractivity contribution in [1.29, 1.82) is 0 Å². The van der Waals surface area contributed by atoms with E-state index in [1.807, 2.05) is 13.8 Å². The Bertz CT molecular complexity index is 1020. The fraction of sp³-hybridized carbons (Fsp3) is 0.609. The molecule has 9 nitrogen and oxygen atoms in total. The summed E-state index contributed by atoms with van der Waals surface area (Å²) in [6.45, 7) is 9.10. The quantitative estimate of drug-likeness (QED) is 0.299. The van der Waals surface area contributed by atoms with Gasteiger partial charge in [0.25, 0.3) is 0 Å². The summed E-state index contributed by atoms with van der Waals surface area (Å²) in [5, 5.41) is 0. The molecular weight excluding hydrogens is 420 g/mol. The van der Waals surface area contributed by atoms with E-state index in [1.54, 1.807) is 6.07 Å². The standard InChI is InChI=1S/C23H26O9/c1-10(2)12-6-14-13(20(25)27-5)8-15(29-14)18-22(4,31-18)9-16-19-23(32-19,21(26)30-16)17(7-12)28-11(3)24/h8,12,16-19H,1,6-7,9H2,2-5H3/t12-,16-,17+,18-,19-,22-,23-/m1/s1. The molecule has 4 aliphatic rings. The number of furan rings is 1. The Morgan fingerprint density at radius 1 is 1.25 bits per heavy atom. The van der Waals surface area contributed by atoms with Gasteiger partial charge in [0, 0.05) is 19.8 Å². The van der Waals surface area contributed by atoms with E-state index >= 15 is 0 Å². The molecule has 5 rings (SSSR count). The molecule has 3 fully saturated rings. The Morgan fingerprint density at radius 3 is 2.62 bits per heavy atom. The minimum atomic E-state index is -1.32. The van der Waals surface area contributed by atoms with Crippen LogP contribution in [0.25, 0.3) is 0 Å². The van der Waals surface area contributed by atoms with Gasteiger partial charge in [-0.25, -0.2) is 9.59 Å². The molecule has 1 aromatic heterocycles. The molecular formula is C23H26O9. The molecule has 0 amide bonds. The molecule has 0 N–H and O–H groups in total. The van der Waals surface area contributed by atoms with Gasteiger partial charge in [0.05, 0.1) is 7.11 Å². The molecule has 9 heteroatoms. The van der Waals surface area contributed by atoms with Crippen LogP contribution in [0.1, 0.15) is 61.6 Å². The number of ether oxygens (including phenoxy) is 5. The van der Waals surface area contributed by atoms with Crippen molar-refractivity contribution in [3.8, 4) is 0 Å². The third kappa shape index (κ3) is 3.09. The van der Waals surface area contributed by atoms with Crippen LogP contribution in [-0.4, -0.2) is 54.5 Å². The minimum absolute atomic E-state index is 0.264. The predicted octanol–water partition coefficient (Wildman–Crippen LogP) is 2.42. The molecule has 3 saturated heterocycles. The topological polar surface area (TPSA) is 117 Å². The van der Waals surface area contributed by atoms with Crippen molar-refractivity contribution in [2.45, 2.75) is 75.7 Å². The second kappa shape index (κ2) is 6.92. The SMILES string of the molecule is C=C(C)[C@@H]1Cc2oc(cc2C(=O)OC)[C@H]2O[C@]2(C)C[C@H]2OC(=O)[C@@]3(O[C@H]23)[C@@H](OC(C)=O)C1. The number of carbonyl (C=O) groups is 3. The number of hydrogen-bond acceptors (Lipinski definition) is 9. The van der Waals surface area contributed by atoms with E-state index in [9.17, 15) is 14.4 Å². The average molecular weight is 446 g/mol. The maximum Gasteiger partial charge on any atom is 0.345 e. The van der Waals surface area contributed by atoms with Gasteiger partial charge in [-0.2, -0.15) is 0 Å². The Hall–Kier alpha value is -2.65. The van der Waals surface area contributed by atoms with Gasteiger partial charge in [0.15, 0.2) is 0 Å². The van der Waals surface area contributed by atoms with Crippen LogP contribution in [0.2, 0.25) is 0 Å². The lowest BCUT2D eigenvalue weighted by Crippen LogP contribution is -2.42. The molecule has 0 aromatic carbocycles. The predicted molar refractivity (Wildman–Crippen MR) is 107 cm³/mol. The highest BCUT2D eigenvalue weighted by Gasteiger charge is 2.79. The van der Waals surface area contributed by atoms with E-state index in [-0.39, 0.29) is 18.4 Å². The van der Waals surface area contributed by atoms with Crippen molar-refractivity contribution in [3.05, 3.63) is 35.3 Å². The van der Waals surface area contributed by atoms with E-state index < -0.39 is 47.4 Å². The maximum absolute atomic E-state index is 12.9. The van der Waals surface area contributed by atoms with E-state index in [0.29, 0.717) is 29.9 Å². The van der Waals surface area contributed by atoms with Gasteiger partial charge in [-0.3, -0.25) is 4.79 Å². The molecule has 0 radical (unpaired) electrons. The van der Waals surface area contributed by atoms with Crippen LogP contribution in [0, 0.1) is 5.92 Å². The highest BCUT2D eigenvalue weighted by Crippen LogP contribution is 2.59. The first-order chi connectivity index (χ1) is 15.1. The zero-order chi connectivity index (χ0) is 23.0. The number of allylic oxidation sites excluding steroid dienone is 1. The van der Waals surface area contributed by atoms with Crippen LogP contribution in [0.4, 0.5) is 0 Å². The van der Waals surface area contributed by atoms with E-state index in [0.717, 1.165) is 5.57 Å². The lowest BCUT2D eigenvalue weighted by atomic mass is 9.83. The monoisotopic (exact) mass is 446 g/mol. The minimum Gasteiger partial charge on any atom is -0.465 e. The summed E-state index contributed by atoms with van der Waals surface area (Å²) < 4.78 is 34.1. The van der Waals surface area contributed by atoms with Crippen molar-refractivity contribution in [2.75, 3.05) is 7.11 Å². The molecule has 7 atom stereocenters. The number of methoxy groups -OCH3 is 1. The Kier molecular flexibility index (Phi) is 4.59. The second-order valence-electron chi connectivity index (χ2n) is 9.35. The number of carbonyl (C=O) groups excluding carboxylic acids is 3. The molecule has 0 saturated carbocycles. The number of rotatable bonds is 3. The van der Waals surface area contributed by atoms with Crippen LogP contribution >= 0.6 is 0 Å². The van der Waals surface area contributed by atoms with Gasteiger partial charge in [-0.15, -0.1) is 0 Å². The molecule has 5 heterocycles. The molecule has 32 heavy (non-hydrogen) atoms. The number of epoxide rings is 2. The van der Waals surface area contributed by atoms with Crippen molar-refractivity contribution < 1.29 is 42.5 Å². The molecule has 172 valence electrons. The third-order valence-electron chi connectivity index (χ3n) is 7.00. The first kappa shape index (κ1) is 21.2. The lowest BCUT2D eigenvalue weighted by molar-refractivity contribution is -0.165. The normalized spacial score (nSPS) is 39.2. The van der Waals surface area contributed by atoms with Gasteiger partial charge in [0.2, 0.25) is 5.60 Å². The Labute approximate surface area is 184 Å². The summed E-state index contributed by atoms with van der Waals surface area (Å²) in [5.74, 6) is -0.856. The molecule has 4 aliphatic heterocycles. The van der Waals surface area contributed by atoms with Gasteiger partial charge in [-0.05, 0) is 32.3 Å². The summed E-state index contributed by atoms with van der Waals surface area (Å²) >= 11 is 0. The highest BCUT2D eigenvalue weighted by atomic mass is 16.7. The Balaban J connectivity index is 1.58. The molecule has 0 unspecified atom stereocenters. The smallest absolute Gasteiger partial charge is 0.345 e. The number of hydrogen-bond donors (Lipinski definition) is 0.